The van der Waals surface area contributed by atoms with Gasteiger partial charge in [0, 0.05) is 23.0 Å². The lowest BCUT2D eigenvalue weighted by Crippen LogP contribution is -2.29. The molecule has 0 bridgehead atoms. The summed E-state index contributed by atoms with van der Waals surface area (Å²) >= 11 is 0. The molecule has 0 fully saturated rings. The van der Waals surface area contributed by atoms with Crippen LogP contribution in [0.4, 0.5) is 11.4 Å². The highest BCUT2D eigenvalue weighted by Crippen LogP contribution is 2.27. The summed E-state index contributed by atoms with van der Waals surface area (Å²) in [6.45, 7) is 4.34. The Hall–Kier alpha value is -2.59. The van der Waals surface area contributed by atoms with Crippen molar-refractivity contribution >= 4 is 11.4 Å². The predicted octanol–water partition coefficient (Wildman–Crippen LogP) is 5.28. The van der Waals surface area contributed by atoms with Crippen LogP contribution in [-0.2, 0) is 6.42 Å². The molecule has 136 valence electrons. The number of aromatic nitrogens is 1. The zero-order valence-electron chi connectivity index (χ0n) is 16.0. The van der Waals surface area contributed by atoms with Crippen LogP contribution in [0.3, 0.4) is 0 Å². The van der Waals surface area contributed by atoms with E-state index >= 15 is 0 Å². The lowest BCUT2D eigenvalue weighted by Gasteiger charge is -2.23. The van der Waals surface area contributed by atoms with Crippen molar-refractivity contribution in [3.8, 4) is 11.5 Å². The van der Waals surface area contributed by atoms with E-state index in [4.69, 9.17) is 4.42 Å². The molecule has 1 heterocycles. The van der Waals surface area contributed by atoms with Gasteiger partial charge in [-0.15, -0.1) is 0 Å². The molecule has 1 atom stereocenters. The molecule has 0 aliphatic rings. The van der Waals surface area contributed by atoms with Gasteiger partial charge in [0.05, 0.1) is 6.20 Å². The number of rotatable bonds is 7. The predicted molar refractivity (Wildman–Crippen MR) is 108 cm³/mol. The van der Waals surface area contributed by atoms with Crippen LogP contribution in [-0.4, -0.2) is 30.0 Å². The summed E-state index contributed by atoms with van der Waals surface area (Å²) in [5.41, 5.74) is 5.66. The van der Waals surface area contributed by atoms with Crippen molar-refractivity contribution in [2.75, 3.05) is 19.4 Å². The summed E-state index contributed by atoms with van der Waals surface area (Å²) in [7, 11) is 4.29. The van der Waals surface area contributed by atoms with E-state index in [1.807, 2.05) is 6.07 Å². The van der Waals surface area contributed by atoms with E-state index in [9.17, 15) is 0 Å². The number of hydrogen-bond donors (Lipinski definition) is 1. The standard InChI is InChI=1S/C22H27N3O/c1-5-20(25(3)4)14-17-7-10-19(11-8-17)24-21-15-18(9-6-16(21)2)22-23-12-13-26-22/h6-13,15,20,24H,5,14H2,1-4H3. The number of nitrogens with zero attached hydrogens (tertiary/aromatic N) is 2. The van der Waals surface area contributed by atoms with Gasteiger partial charge in [-0.2, -0.15) is 0 Å². The third-order valence-electron chi connectivity index (χ3n) is 4.82. The number of benzene rings is 2. The SMILES string of the molecule is CCC(Cc1ccc(Nc2cc(-c3ncco3)ccc2C)cc1)N(C)C. The minimum Gasteiger partial charge on any atom is -0.445 e. The van der Waals surface area contributed by atoms with Gasteiger partial charge in [0.2, 0.25) is 5.89 Å². The number of aryl methyl sites for hydroxylation is 1. The Kier molecular flexibility index (Phi) is 5.74. The van der Waals surface area contributed by atoms with Crippen molar-refractivity contribution in [2.24, 2.45) is 0 Å². The first-order valence-corrected chi connectivity index (χ1v) is 9.09. The van der Waals surface area contributed by atoms with E-state index in [1.54, 1.807) is 12.5 Å². The minimum absolute atomic E-state index is 0.577. The zero-order valence-corrected chi connectivity index (χ0v) is 16.0. The van der Waals surface area contributed by atoms with Gasteiger partial charge >= 0.3 is 0 Å². The van der Waals surface area contributed by atoms with Crippen LogP contribution in [0.5, 0.6) is 0 Å². The molecule has 0 aliphatic carbocycles. The van der Waals surface area contributed by atoms with Gasteiger partial charge in [-0.3, -0.25) is 0 Å². The summed E-state index contributed by atoms with van der Waals surface area (Å²) < 4.78 is 5.40. The zero-order chi connectivity index (χ0) is 18.5. The Bertz CT molecular complexity index is 823. The second-order valence-electron chi connectivity index (χ2n) is 6.92. The van der Waals surface area contributed by atoms with Gasteiger partial charge in [0.15, 0.2) is 0 Å². The first-order chi connectivity index (χ1) is 12.6. The fourth-order valence-electron chi connectivity index (χ4n) is 3.10. The van der Waals surface area contributed by atoms with Gasteiger partial charge in [-0.05, 0) is 69.3 Å². The van der Waals surface area contributed by atoms with Gasteiger partial charge in [0.25, 0.3) is 0 Å². The molecule has 1 N–H and O–H groups in total. The highest BCUT2D eigenvalue weighted by molar-refractivity contribution is 5.69. The molecule has 0 spiro atoms. The molecule has 4 heteroatoms. The average molecular weight is 349 g/mol. The van der Waals surface area contributed by atoms with Gasteiger partial charge in [-0.1, -0.05) is 25.1 Å². The Labute approximate surface area is 155 Å². The second kappa shape index (κ2) is 8.19. The Morgan fingerprint density at radius 1 is 1.12 bits per heavy atom. The van der Waals surface area contributed by atoms with E-state index in [1.165, 1.54) is 11.1 Å². The number of nitrogens with one attached hydrogen (secondary N) is 1. The van der Waals surface area contributed by atoms with E-state index in [0.29, 0.717) is 11.9 Å². The maximum absolute atomic E-state index is 5.40. The number of hydrogen-bond acceptors (Lipinski definition) is 4. The van der Waals surface area contributed by atoms with Crippen LogP contribution < -0.4 is 5.32 Å². The van der Waals surface area contributed by atoms with Crippen LogP contribution in [0.25, 0.3) is 11.5 Å². The molecule has 0 saturated heterocycles. The van der Waals surface area contributed by atoms with E-state index < -0.39 is 0 Å². The summed E-state index contributed by atoms with van der Waals surface area (Å²) in [5.74, 6) is 0.637. The summed E-state index contributed by atoms with van der Waals surface area (Å²) in [4.78, 5) is 6.52. The van der Waals surface area contributed by atoms with Gasteiger partial charge in [0.1, 0.15) is 6.26 Å². The van der Waals surface area contributed by atoms with Crippen molar-refractivity contribution in [2.45, 2.75) is 32.7 Å². The van der Waals surface area contributed by atoms with Crippen molar-refractivity contribution in [3.05, 3.63) is 66.1 Å². The first kappa shape index (κ1) is 18.2. The Balaban J connectivity index is 1.74. The molecule has 4 nitrogen and oxygen atoms in total. The molecule has 1 aromatic heterocycles. The van der Waals surface area contributed by atoms with E-state index in [0.717, 1.165) is 29.8 Å². The smallest absolute Gasteiger partial charge is 0.225 e. The van der Waals surface area contributed by atoms with Crippen LogP contribution >= 0.6 is 0 Å². The van der Waals surface area contributed by atoms with Crippen molar-refractivity contribution in [1.82, 2.24) is 9.88 Å². The fraction of sp³-hybridized carbons (Fsp3) is 0.318. The molecule has 3 rings (SSSR count). The van der Waals surface area contributed by atoms with Crippen LogP contribution in [0.1, 0.15) is 24.5 Å². The Morgan fingerprint density at radius 2 is 1.88 bits per heavy atom. The fourth-order valence-corrected chi connectivity index (χ4v) is 3.10. The third-order valence-corrected chi connectivity index (χ3v) is 4.82. The normalized spacial score (nSPS) is 12.3. The largest absolute Gasteiger partial charge is 0.445 e. The maximum atomic E-state index is 5.40. The monoisotopic (exact) mass is 349 g/mol. The summed E-state index contributed by atoms with van der Waals surface area (Å²) in [6.07, 6.45) is 5.49. The number of anilines is 2. The maximum Gasteiger partial charge on any atom is 0.225 e. The van der Waals surface area contributed by atoms with E-state index in [-0.39, 0.29) is 0 Å². The first-order valence-electron chi connectivity index (χ1n) is 9.09. The highest BCUT2D eigenvalue weighted by Gasteiger charge is 2.10. The quantitative estimate of drug-likeness (QED) is 0.630. The summed E-state index contributed by atoms with van der Waals surface area (Å²) in [5, 5.41) is 3.51. The third kappa shape index (κ3) is 4.33. The number of likely N-dealkylation sites (N-methyl/N-ethyl adjacent to an activating group) is 1. The minimum atomic E-state index is 0.577. The van der Waals surface area contributed by atoms with Gasteiger partial charge < -0.3 is 14.6 Å². The lowest BCUT2D eigenvalue weighted by atomic mass is 10.0. The second-order valence-corrected chi connectivity index (χ2v) is 6.92. The molecular weight excluding hydrogens is 322 g/mol. The van der Waals surface area contributed by atoms with Gasteiger partial charge in [-0.25, -0.2) is 4.98 Å². The molecule has 26 heavy (non-hydrogen) atoms. The van der Waals surface area contributed by atoms with Crippen LogP contribution in [0.2, 0.25) is 0 Å². The van der Waals surface area contributed by atoms with Crippen molar-refractivity contribution < 1.29 is 4.42 Å². The van der Waals surface area contributed by atoms with Crippen molar-refractivity contribution in [3.63, 3.8) is 0 Å². The Morgan fingerprint density at radius 3 is 2.50 bits per heavy atom. The summed E-state index contributed by atoms with van der Waals surface area (Å²) in [6, 6.07) is 15.5. The molecule has 3 aromatic rings. The highest BCUT2D eigenvalue weighted by atomic mass is 16.3. The molecule has 0 amide bonds. The average Bonchev–Trinajstić information content (AvgIpc) is 3.17. The van der Waals surface area contributed by atoms with E-state index in [2.05, 4.69) is 79.5 Å². The molecular formula is C22H27N3O. The molecule has 0 aliphatic heterocycles. The van der Waals surface area contributed by atoms with Crippen molar-refractivity contribution in [1.29, 1.82) is 0 Å². The molecule has 0 radical (unpaired) electrons. The molecule has 1 unspecified atom stereocenters. The molecule has 0 saturated carbocycles. The van der Waals surface area contributed by atoms with Crippen LogP contribution in [0, 0.1) is 6.92 Å². The van der Waals surface area contributed by atoms with Crippen LogP contribution in [0.15, 0.2) is 59.3 Å². The number of oxazole rings is 1. The lowest BCUT2D eigenvalue weighted by molar-refractivity contribution is 0.284. The topological polar surface area (TPSA) is 41.3 Å². The molecule has 2 aromatic carbocycles.